The molecular weight excluding hydrogens is 244 g/mol. The van der Waals surface area contributed by atoms with E-state index in [4.69, 9.17) is 9.47 Å². The summed E-state index contributed by atoms with van der Waals surface area (Å²) in [6.45, 7) is 7.68. The van der Waals surface area contributed by atoms with Crippen molar-refractivity contribution in [3.63, 3.8) is 0 Å². The zero-order valence-electron chi connectivity index (χ0n) is 12.2. The Morgan fingerprint density at radius 3 is 2.89 bits per heavy atom. The molecule has 0 aliphatic carbocycles. The van der Waals surface area contributed by atoms with E-state index in [-0.39, 0.29) is 12.0 Å². The normalized spacial score (nSPS) is 21.1. The molecule has 19 heavy (non-hydrogen) atoms. The number of rotatable bonds is 9. The maximum absolute atomic E-state index is 11.7. The molecule has 1 saturated heterocycles. The molecule has 2 unspecified atom stereocenters. The fourth-order valence-electron chi connectivity index (χ4n) is 1.99. The number of carbonyl (C=O) groups excluding carboxylic acids is 1. The van der Waals surface area contributed by atoms with Gasteiger partial charge in [-0.2, -0.15) is 0 Å². The molecule has 1 heterocycles. The van der Waals surface area contributed by atoms with Gasteiger partial charge in [-0.3, -0.25) is 4.79 Å². The summed E-state index contributed by atoms with van der Waals surface area (Å²) in [5.41, 5.74) is 0. The van der Waals surface area contributed by atoms with Crippen molar-refractivity contribution in [1.29, 1.82) is 0 Å². The molecule has 0 radical (unpaired) electrons. The Bertz CT molecular complexity index is 243. The second-order valence-electron chi connectivity index (χ2n) is 5.01. The first-order valence-electron chi connectivity index (χ1n) is 7.45. The van der Waals surface area contributed by atoms with Crippen LogP contribution in [0.25, 0.3) is 0 Å². The lowest BCUT2D eigenvalue weighted by molar-refractivity contribution is -0.135. The van der Waals surface area contributed by atoms with Gasteiger partial charge in [-0.15, -0.1) is 0 Å². The number of nitrogens with one attached hydrogen (secondary N) is 2. The van der Waals surface area contributed by atoms with Gasteiger partial charge in [0.1, 0.15) is 6.10 Å². The standard InChI is InChI=1S/C14H28N2O3/c1-3-7-15-8-9-16-14(17)12(2)19-11-13-6-4-5-10-18-13/h12-13,15H,3-11H2,1-2H3,(H,16,17). The van der Waals surface area contributed by atoms with Crippen LogP contribution in [0.4, 0.5) is 0 Å². The smallest absolute Gasteiger partial charge is 0.248 e. The first-order chi connectivity index (χ1) is 9.24. The number of ether oxygens (including phenoxy) is 2. The monoisotopic (exact) mass is 272 g/mol. The predicted molar refractivity (Wildman–Crippen MR) is 75.2 cm³/mol. The largest absolute Gasteiger partial charge is 0.376 e. The quantitative estimate of drug-likeness (QED) is 0.617. The van der Waals surface area contributed by atoms with Crippen LogP contribution >= 0.6 is 0 Å². The molecule has 5 nitrogen and oxygen atoms in total. The van der Waals surface area contributed by atoms with Gasteiger partial charge < -0.3 is 20.1 Å². The molecule has 1 fully saturated rings. The van der Waals surface area contributed by atoms with Gasteiger partial charge in [-0.05, 0) is 39.2 Å². The van der Waals surface area contributed by atoms with Gasteiger partial charge in [0.15, 0.2) is 0 Å². The Hall–Kier alpha value is -0.650. The Balaban J connectivity index is 2.03. The van der Waals surface area contributed by atoms with Crippen LogP contribution < -0.4 is 10.6 Å². The Morgan fingerprint density at radius 2 is 2.21 bits per heavy atom. The van der Waals surface area contributed by atoms with E-state index in [0.29, 0.717) is 13.2 Å². The molecule has 5 heteroatoms. The summed E-state index contributed by atoms with van der Waals surface area (Å²) in [4.78, 5) is 11.7. The van der Waals surface area contributed by atoms with Crippen LogP contribution in [0, 0.1) is 0 Å². The van der Waals surface area contributed by atoms with Gasteiger partial charge in [0, 0.05) is 19.7 Å². The Labute approximate surface area is 116 Å². The first kappa shape index (κ1) is 16.4. The third kappa shape index (κ3) is 7.50. The second kappa shape index (κ2) is 10.2. The molecule has 2 N–H and O–H groups in total. The number of hydrogen-bond acceptors (Lipinski definition) is 4. The highest BCUT2D eigenvalue weighted by atomic mass is 16.5. The minimum Gasteiger partial charge on any atom is -0.376 e. The average Bonchev–Trinajstić information content (AvgIpc) is 2.45. The molecule has 1 aliphatic heterocycles. The molecule has 0 spiro atoms. The molecule has 1 rings (SSSR count). The maximum atomic E-state index is 11.7. The lowest BCUT2D eigenvalue weighted by atomic mass is 10.1. The van der Waals surface area contributed by atoms with Crippen molar-refractivity contribution in [2.24, 2.45) is 0 Å². The van der Waals surface area contributed by atoms with E-state index in [0.717, 1.165) is 39.0 Å². The number of amides is 1. The summed E-state index contributed by atoms with van der Waals surface area (Å²) in [6.07, 6.45) is 4.23. The lowest BCUT2D eigenvalue weighted by Crippen LogP contribution is -2.39. The molecule has 2 atom stereocenters. The summed E-state index contributed by atoms with van der Waals surface area (Å²) in [7, 11) is 0. The van der Waals surface area contributed by atoms with E-state index in [9.17, 15) is 4.79 Å². The van der Waals surface area contributed by atoms with Crippen molar-refractivity contribution < 1.29 is 14.3 Å². The highest BCUT2D eigenvalue weighted by Gasteiger charge is 2.18. The molecule has 0 aromatic heterocycles. The molecule has 0 aromatic rings. The highest BCUT2D eigenvalue weighted by Crippen LogP contribution is 2.13. The second-order valence-corrected chi connectivity index (χ2v) is 5.01. The topological polar surface area (TPSA) is 59.6 Å². The van der Waals surface area contributed by atoms with Crippen LogP contribution in [0.1, 0.15) is 39.5 Å². The van der Waals surface area contributed by atoms with E-state index in [1.165, 1.54) is 6.42 Å². The minimum absolute atomic E-state index is 0.0471. The van der Waals surface area contributed by atoms with E-state index in [1.807, 2.05) is 0 Å². The first-order valence-corrected chi connectivity index (χ1v) is 7.45. The minimum atomic E-state index is -0.406. The van der Waals surface area contributed by atoms with E-state index >= 15 is 0 Å². The molecular formula is C14H28N2O3. The van der Waals surface area contributed by atoms with Gasteiger partial charge >= 0.3 is 0 Å². The van der Waals surface area contributed by atoms with Crippen LogP contribution in [0.3, 0.4) is 0 Å². The summed E-state index contributed by atoms with van der Waals surface area (Å²) in [6, 6.07) is 0. The number of hydrogen-bond donors (Lipinski definition) is 2. The Kier molecular flexibility index (Phi) is 8.79. The predicted octanol–water partition coefficient (Wildman–Crippen LogP) is 1.08. The molecule has 112 valence electrons. The summed E-state index contributed by atoms with van der Waals surface area (Å²) in [5, 5.41) is 6.10. The fourth-order valence-corrected chi connectivity index (χ4v) is 1.99. The average molecular weight is 272 g/mol. The van der Waals surface area contributed by atoms with Crippen molar-refractivity contribution in [2.75, 3.05) is 32.8 Å². The Morgan fingerprint density at radius 1 is 1.37 bits per heavy atom. The summed E-state index contributed by atoms with van der Waals surface area (Å²) >= 11 is 0. The van der Waals surface area contributed by atoms with Gasteiger partial charge in [0.2, 0.25) is 5.91 Å². The van der Waals surface area contributed by atoms with Crippen molar-refractivity contribution in [1.82, 2.24) is 10.6 Å². The maximum Gasteiger partial charge on any atom is 0.248 e. The van der Waals surface area contributed by atoms with Crippen LogP contribution in [-0.4, -0.2) is 51.0 Å². The zero-order valence-corrected chi connectivity index (χ0v) is 12.2. The molecule has 0 aromatic carbocycles. The van der Waals surface area contributed by atoms with Crippen LogP contribution in [0.2, 0.25) is 0 Å². The van der Waals surface area contributed by atoms with Crippen molar-refractivity contribution in [3.8, 4) is 0 Å². The molecule has 1 amide bonds. The third-order valence-corrected chi connectivity index (χ3v) is 3.20. The van der Waals surface area contributed by atoms with Crippen molar-refractivity contribution >= 4 is 5.91 Å². The van der Waals surface area contributed by atoms with Crippen LogP contribution in [0.5, 0.6) is 0 Å². The molecule has 1 aliphatic rings. The molecule has 0 saturated carbocycles. The lowest BCUT2D eigenvalue weighted by Gasteiger charge is -2.23. The van der Waals surface area contributed by atoms with E-state index < -0.39 is 6.10 Å². The fraction of sp³-hybridized carbons (Fsp3) is 0.929. The third-order valence-electron chi connectivity index (χ3n) is 3.20. The summed E-state index contributed by atoms with van der Waals surface area (Å²) in [5.74, 6) is -0.0471. The van der Waals surface area contributed by atoms with E-state index in [1.54, 1.807) is 6.92 Å². The number of carbonyl (C=O) groups is 1. The van der Waals surface area contributed by atoms with Crippen molar-refractivity contribution in [3.05, 3.63) is 0 Å². The summed E-state index contributed by atoms with van der Waals surface area (Å²) < 4.78 is 11.1. The SMILES string of the molecule is CCCNCCNC(=O)C(C)OCC1CCCCO1. The van der Waals surface area contributed by atoms with Crippen LogP contribution in [-0.2, 0) is 14.3 Å². The van der Waals surface area contributed by atoms with Gasteiger partial charge in [-0.1, -0.05) is 6.92 Å². The zero-order chi connectivity index (χ0) is 13.9. The van der Waals surface area contributed by atoms with Gasteiger partial charge in [0.25, 0.3) is 0 Å². The van der Waals surface area contributed by atoms with Crippen molar-refractivity contribution in [2.45, 2.75) is 51.7 Å². The highest BCUT2D eigenvalue weighted by molar-refractivity contribution is 5.80. The van der Waals surface area contributed by atoms with E-state index in [2.05, 4.69) is 17.6 Å². The van der Waals surface area contributed by atoms with Gasteiger partial charge in [0.05, 0.1) is 12.7 Å². The molecule has 0 bridgehead atoms. The van der Waals surface area contributed by atoms with Gasteiger partial charge in [-0.25, -0.2) is 0 Å². The van der Waals surface area contributed by atoms with Crippen LogP contribution in [0.15, 0.2) is 0 Å².